The van der Waals surface area contributed by atoms with E-state index in [9.17, 15) is 28.7 Å². The van der Waals surface area contributed by atoms with Crippen molar-refractivity contribution in [3.05, 3.63) is 215 Å². The Morgan fingerprint density at radius 3 is 0.521 bits per heavy atom. The van der Waals surface area contributed by atoms with Crippen molar-refractivity contribution in [2.24, 2.45) is 0 Å². The molecule has 0 spiro atoms. The van der Waals surface area contributed by atoms with E-state index in [0.29, 0.717) is 33.4 Å². The zero-order valence-electron chi connectivity index (χ0n) is 25.8. The minimum Gasteiger partial charge on any atom is -0.412 e. The minimum atomic E-state index is -4.57. The molecule has 0 radical (unpaired) electrons. The lowest BCUT2D eigenvalue weighted by atomic mass is 9.84. The van der Waals surface area contributed by atoms with Crippen molar-refractivity contribution in [1.82, 2.24) is 0 Å². The quantitative estimate of drug-likeness (QED) is 0.103. The van der Waals surface area contributed by atoms with E-state index in [1.807, 2.05) is 36.4 Å². The molecule has 0 aliphatic heterocycles. The third kappa shape index (κ3) is 7.18. The van der Waals surface area contributed by atoms with Crippen LogP contribution in [0, 0.1) is 0 Å². The first-order valence-electron chi connectivity index (χ1n) is 14.6. The molecule has 0 aliphatic carbocycles. The second-order valence-electron chi connectivity index (χ2n) is 10.7. The van der Waals surface area contributed by atoms with E-state index in [2.05, 4.69) is 0 Å². The molecular weight excluding hydrogens is 646 g/mol. The van der Waals surface area contributed by atoms with Crippen molar-refractivity contribution < 1.29 is 39.7 Å². The Bertz CT molecular complexity index is 1580. The van der Waals surface area contributed by atoms with Crippen LogP contribution in [0.2, 0.25) is 0 Å². The van der Waals surface area contributed by atoms with Gasteiger partial charge in [-0.1, -0.05) is 182 Å². The molecule has 8 nitrogen and oxygen atoms in total. The summed E-state index contributed by atoms with van der Waals surface area (Å²) in [6.07, 6.45) is 0. The van der Waals surface area contributed by atoms with Gasteiger partial charge in [0, 0.05) is 0 Å². The SMILES string of the molecule is O.O.O=P(O)(O)C(c1ccccc1)(c1ccccc1)c1ccccc1.O=P(O)(O)C(c1ccccc1)(c1ccccc1)c1ccccc1. The molecule has 0 saturated carbocycles. The van der Waals surface area contributed by atoms with Crippen LogP contribution in [0.5, 0.6) is 0 Å². The van der Waals surface area contributed by atoms with E-state index >= 15 is 0 Å². The fraction of sp³-hybridized carbons (Fsp3) is 0.0526. The van der Waals surface area contributed by atoms with Crippen molar-refractivity contribution >= 4 is 15.2 Å². The van der Waals surface area contributed by atoms with Gasteiger partial charge < -0.3 is 30.5 Å². The molecule has 0 atom stereocenters. The summed E-state index contributed by atoms with van der Waals surface area (Å²) in [5, 5.41) is -3.03. The Balaban J connectivity index is 0.000000250. The van der Waals surface area contributed by atoms with Gasteiger partial charge in [-0.2, -0.15) is 0 Å². The molecule has 0 aliphatic rings. The van der Waals surface area contributed by atoms with Crippen LogP contribution in [0.25, 0.3) is 0 Å². The van der Waals surface area contributed by atoms with Crippen LogP contribution < -0.4 is 0 Å². The average molecular weight is 685 g/mol. The molecule has 0 heterocycles. The largest absolute Gasteiger partial charge is 0.412 e. The lowest BCUT2D eigenvalue weighted by Crippen LogP contribution is -2.29. The van der Waals surface area contributed by atoms with Gasteiger partial charge in [0.15, 0.2) is 0 Å². The van der Waals surface area contributed by atoms with Gasteiger partial charge in [0.1, 0.15) is 10.3 Å². The maximum atomic E-state index is 12.7. The Morgan fingerprint density at radius 2 is 0.417 bits per heavy atom. The summed E-state index contributed by atoms with van der Waals surface area (Å²) < 4.78 is 25.5. The van der Waals surface area contributed by atoms with Crippen LogP contribution in [-0.4, -0.2) is 30.5 Å². The lowest BCUT2D eigenvalue weighted by Gasteiger charge is -2.36. The van der Waals surface area contributed by atoms with Crippen LogP contribution in [0.1, 0.15) is 33.4 Å². The van der Waals surface area contributed by atoms with E-state index < -0.39 is 25.5 Å². The summed E-state index contributed by atoms with van der Waals surface area (Å²) in [6.45, 7) is 0. The predicted molar refractivity (Wildman–Crippen MR) is 190 cm³/mol. The topological polar surface area (TPSA) is 178 Å². The molecule has 6 aromatic carbocycles. The van der Waals surface area contributed by atoms with Crippen LogP contribution >= 0.6 is 15.2 Å². The van der Waals surface area contributed by atoms with Gasteiger partial charge in [-0.3, -0.25) is 9.13 Å². The first-order chi connectivity index (χ1) is 22.1. The molecule has 0 aromatic heterocycles. The molecule has 0 saturated heterocycles. The van der Waals surface area contributed by atoms with E-state index in [0.717, 1.165) is 0 Å². The van der Waals surface area contributed by atoms with Gasteiger partial charge in [-0.25, -0.2) is 0 Å². The highest BCUT2D eigenvalue weighted by Crippen LogP contribution is 2.65. The van der Waals surface area contributed by atoms with Gasteiger partial charge >= 0.3 is 15.2 Å². The Hall–Kier alpha value is -4.46. The average Bonchev–Trinajstić information content (AvgIpc) is 3.08. The summed E-state index contributed by atoms with van der Waals surface area (Å²) in [5.74, 6) is 0. The molecule has 0 bridgehead atoms. The zero-order valence-corrected chi connectivity index (χ0v) is 27.6. The second kappa shape index (κ2) is 16.1. The standard InChI is InChI=1S/2C19H17O3P.2H2O/c2*20-23(21,22)19(16-10-4-1-5-11-16,17-12-6-2-7-13-17)18-14-8-3-9-15-18;;/h2*1-15H,(H2,20,21,22);2*1H2. The molecule has 0 fully saturated rings. The van der Waals surface area contributed by atoms with Crippen LogP contribution in [0.15, 0.2) is 182 Å². The highest BCUT2D eigenvalue weighted by Gasteiger charge is 2.52. The highest BCUT2D eigenvalue weighted by atomic mass is 31.2. The Kier molecular flexibility index (Phi) is 12.7. The van der Waals surface area contributed by atoms with Crippen LogP contribution in [0.4, 0.5) is 0 Å². The third-order valence-electron chi connectivity index (χ3n) is 8.02. The Morgan fingerprint density at radius 1 is 0.292 bits per heavy atom. The molecule has 248 valence electrons. The summed E-state index contributed by atoms with van der Waals surface area (Å²) in [6, 6.07) is 53.7. The zero-order chi connectivity index (χ0) is 32.7. The van der Waals surface area contributed by atoms with Gasteiger partial charge in [-0.15, -0.1) is 0 Å². The molecule has 6 rings (SSSR count). The van der Waals surface area contributed by atoms with E-state index in [1.54, 1.807) is 146 Å². The van der Waals surface area contributed by atoms with Crippen molar-refractivity contribution in [3.8, 4) is 0 Å². The monoisotopic (exact) mass is 684 g/mol. The van der Waals surface area contributed by atoms with Crippen LogP contribution in [0.3, 0.4) is 0 Å². The summed E-state index contributed by atoms with van der Waals surface area (Å²) in [4.78, 5) is 41.6. The summed E-state index contributed by atoms with van der Waals surface area (Å²) >= 11 is 0. The van der Waals surface area contributed by atoms with Gasteiger partial charge in [0.2, 0.25) is 0 Å². The van der Waals surface area contributed by atoms with Crippen molar-refractivity contribution in [2.75, 3.05) is 0 Å². The fourth-order valence-electron chi connectivity index (χ4n) is 6.09. The maximum absolute atomic E-state index is 12.7. The molecule has 10 heteroatoms. The number of benzene rings is 6. The molecular formula is C38H38O8P2. The van der Waals surface area contributed by atoms with E-state index in [4.69, 9.17) is 0 Å². The number of hydrogen-bond donors (Lipinski definition) is 4. The summed E-state index contributed by atoms with van der Waals surface area (Å²) in [5.41, 5.74) is 3.45. The van der Waals surface area contributed by atoms with Crippen LogP contribution in [-0.2, 0) is 19.4 Å². The van der Waals surface area contributed by atoms with E-state index in [-0.39, 0.29) is 11.0 Å². The normalized spacial score (nSPS) is 11.6. The molecule has 8 N–H and O–H groups in total. The third-order valence-corrected chi connectivity index (χ3v) is 11.3. The maximum Gasteiger partial charge on any atom is 0.344 e. The minimum absolute atomic E-state index is 0. The highest BCUT2D eigenvalue weighted by molar-refractivity contribution is 7.54. The first-order valence-corrected chi connectivity index (χ1v) is 17.8. The van der Waals surface area contributed by atoms with Crippen molar-refractivity contribution in [2.45, 2.75) is 10.3 Å². The molecule has 0 unspecified atom stereocenters. The van der Waals surface area contributed by atoms with E-state index in [1.165, 1.54) is 0 Å². The van der Waals surface area contributed by atoms with Crippen molar-refractivity contribution in [1.29, 1.82) is 0 Å². The summed E-state index contributed by atoms with van der Waals surface area (Å²) in [7, 11) is -9.15. The molecule has 6 aromatic rings. The fourth-order valence-corrected chi connectivity index (χ4v) is 9.00. The Labute approximate surface area is 280 Å². The molecule has 0 amide bonds. The van der Waals surface area contributed by atoms with Gasteiger partial charge in [-0.05, 0) is 33.4 Å². The first kappa shape index (κ1) is 38.0. The van der Waals surface area contributed by atoms with Gasteiger partial charge in [0.25, 0.3) is 0 Å². The lowest BCUT2D eigenvalue weighted by molar-refractivity contribution is 0.347. The predicted octanol–water partition coefficient (Wildman–Crippen LogP) is 6.66. The number of hydrogen-bond acceptors (Lipinski definition) is 2. The number of rotatable bonds is 8. The van der Waals surface area contributed by atoms with Crippen molar-refractivity contribution in [3.63, 3.8) is 0 Å². The smallest absolute Gasteiger partial charge is 0.344 e. The molecule has 48 heavy (non-hydrogen) atoms. The second-order valence-corrected chi connectivity index (χ2v) is 14.2. The van der Waals surface area contributed by atoms with Gasteiger partial charge in [0.05, 0.1) is 0 Å².